The summed E-state index contributed by atoms with van der Waals surface area (Å²) in [6, 6.07) is 15.3. The Hall–Kier alpha value is -3.09. The Labute approximate surface area is 218 Å². The van der Waals surface area contributed by atoms with Crippen molar-refractivity contribution in [2.24, 2.45) is 0 Å². The first-order valence-electron chi connectivity index (χ1n) is 11.1. The largest absolute Gasteiger partial charge is 0.422 e. The molecule has 1 aromatic heterocycles. The average Bonchev–Trinajstić information content (AvgIpc) is 2.79. The van der Waals surface area contributed by atoms with Crippen LogP contribution in [0.3, 0.4) is 0 Å². The van der Waals surface area contributed by atoms with Gasteiger partial charge >= 0.3 is 5.97 Å². The number of ether oxygens (including phenoxy) is 1. The highest BCUT2D eigenvalue weighted by molar-refractivity contribution is 7.86. The molecule has 194 valence electrons. The molecule has 0 atom stereocenters. The first-order chi connectivity index (χ1) is 17.3. The normalized spacial score (nSPS) is 12.2. The molecule has 0 spiro atoms. The number of para-hydroxylation sites is 2. The molecule has 0 saturated carbocycles. The highest BCUT2D eigenvalue weighted by atomic mass is 35.5. The van der Waals surface area contributed by atoms with Crippen LogP contribution in [0.4, 0.5) is 0 Å². The molecule has 0 fully saturated rings. The van der Waals surface area contributed by atoms with Gasteiger partial charge in [-0.05, 0) is 37.6 Å². The summed E-state index contributed by atoms with van der Waals surface area (Å²) in [6.07, 6.45) is 0.142. The number of rotatable bonds is 7. The van der Waals surface area contributed by atoms with Gasteiger partial charge in [-0.25, -0.2) is 4.79 Å². The van der Waals surface area contributed by atoms with Crippen molar-refractivity contribution in [3.63, 3.8) is 0 Å². The van der Waals surface area contributed by atoms with Crippen LogP contribution >= 0.6 is 11.6 Å². The SMILES string of the molecule is Cc1cc(Cl)c(S(=O)(=O)O)c(C)c1OC(=O)c1c2ccccc2[n+](CCCS(=O)(=O)O)c2ccccc12. The molecule has 0 aliphatic heterocycles. The molecule has 9 nitrogen and oxygen atoms in total. The van der Waals surface area contributed by atoms with Crippen molar-refractivity contribution in [3.05, 3.63) is 76.3 Å². The summed E-state index contributed by atoms with van der Waals surface area (Å²) < 4.78 is 72.7. The van der Waals surface area contributed by atoms with Crippen LogP contribution in [0.1, 0.15) is 27.9 Å². The predicted octanol–water partition coefficient (Wildman–Crippen LogP) is 4.29. The first kappa shape index (κ1) is 27.0. The average molecular weight is 565 g/mol. The zero-order chi connectivity index (χ0) is 27.1. The predicted molar refractivity (Wildman–Crippen MR) is 138 cm³/mol. The van der Waals surface area contributed by atoms with E-state index < -0.39 is 36.9 Å². The highest BCUT2D eigenvalue weighted by Crippen LogP contribution is 2.36. The molecule has 37 heavy (non-hydrogen) atoms. The Morgan fingerprint density at radius 1 is 0.946 bits per heavy atom. The van der Waals surface area contributed by atoms with E-state index in [-0.39, 0.29) is 34.9 Å². The monoisotopic (exact) mass is 564 g/mol. The molecule has 0 aliphatic carbocycles. The minimum Gasteiger partial charge on any atom is -0.422 e. The van der Waals surface area contributed by atoms with Gasteiger partial charge in [0.25, 0.3) is 20.2 Å². The van der Waals surface area contributed by atoms with Crippen molar-refractivity contribution in [1.82, 2.24) is 0 Å². The Morgan fingerprint density at radius 3 is 2.00 bits per heavy atom. The van der Waals surface area contributed by atoms with Crippen LogP contribution in [0.2, 0.25) is 5.02 Å². The number of pyridine rings is 1. The summed E-state index contributed by atoms with van der Waals surface area (Å²) in [5.41, 5.74) is 1.87. The summed E-state index contributed by atoms with van der Waals surface area (Å²) in [5.74, 6) is -1.22. The smallest absolute Gasteiger partial charge is 0.345 e. The van der Waals surface area contributed by atoms with E-state index in [1.165, 1.54) is 13.0 Å². The molecular formula is C25H23ClNO8S2+. The van der Waals surface area contributed by atoms with E-state index in [1.54, 1.807) is 55.5 Å². The summed E-state index contributed by atoms with van der Waals surface area (Å²) >= 11 is 6.05. The number of aromatic nitrogens is 1. The second-order valence-electron chi connectivity index (χ2n) is 8.52. The number of benzene rings is 3. The van der Waals surface area contributed by atoms with Crippen LogP contribution in [-0.4, -0.2) is 37.7 Å². The van der Waals surface area contributed by atoms with Gasteiger partial charge in [0, 0.05) is 24.1 Å². The van der Waals surface area contributed by atoms with Crippen LogP contribution in [0.15, 0.2) is 59.5 Å². The van der Waals surface area contributed by atoms with Gasteiger partial charge in [-0.2, -0.15) is 21.4 Å². The fourth-order valence-electron chi connectivity index (χ4n) is 4.50. The number of hydrogen-bond donors (Lipinski definition) is 2. The van der Waals surface area contributed by atoms with Gasteiger partial charge < -0.3 is 4.74 Å². The summed E-state index contributed by atoms with van der Waals surface area (Å²) in [7, 11) is -8.83. The van der Waals surface area contributed by atoms with Gasteiger partial charge in [-0.1, -0.05) is 35.9 Å². The Morgan fingerprint density at radius 2 is 1.49 bits per heavy atom. The standard InChI is InChI=1S/C25H22ClNO8S2/c1-15-14-19(26)24(37(32,33)34)16(2)23(15)35-25(28)22-17-8-3-5-10-20(17)27(12-7-13-36(29,30)31)21-11-6-4-9-18(21)22/h3-6,8-11,14H,7,12-13H2,1-2H3,(H-,29,30,31,32,33,34)/p+1. The molecule has 0 amide bonds. The van der Waals surface area contributed by atoms with Gasteiger partial charge in [0.15, 0.2) is 6.54 Å². The highest BCUT2D eigenvalue weighted by Gasteiger charge is 2.28. The van der Waals surface area contributed by atoms with Crippen LogP contribution in [0, 0.1) is 13.8 Å². The Bertz CT molecular complexity index is 1730. The maximum Gasteiger partial charge on any atom is 0.345 e. The second-order valence-corrected chi connectivity index (χ2v) is 11.9. The van der Waals surface area contributed by atoms with Gasteiger partial charge in [0.05, 0.1) is 27.1 Å². The van der Waals surface area contributed by atoms with E-state index in [0.29, 0.717) is 27.4 Å². The molecule has 0 saturated heterocycles. The van der Waals surface area contributed by atoms with Gasteiger partial charge in [0.2, 0.25) is 11.0 Å². The van der Waals surface area contributed by atoms with Crippen molar-refractivity contribution in [3.8, 4) is 5.75 Å². The summed E-state index contributed by atoms with van der Waals surface area (Å²) in [5, 5.41) is 0.855. The molecule has 3 aromatic carbocycles. The van der Waals surface area contributed by atoms with Crippen molar-refractivity contribution < 1.29 is 40.0 Å². The molecule has 0 aliphatic rings. The fraction of sp³-hybridized carbons (Fsp3) is 0.200. The zero-order valence-electron chi connectivity index (χ0n) is 19.8. The third-order valence-electron chi connectivity index (χ3n) is 5.97. The topological polar surface area (TPSA) is 139 Å². The van der Waals surface area contributed by atoms with E-state index in [2.05, 4.69) is 0 Å². The fourth-order valence-corrected chi connectivity index (χ4v) is 6.37. The molecule has 1 heterocycles. The number of carbonyl (C=O) groups is 1. The molecule has 4 aromatic rings. The molecule has 0 radical (unpaired) electrons. The van der Waals surface area contributed by atoms with Crippen molar-refractivity contribution in [2.45, 2.75) is 31.7 Å². The van der Waals surface area contributed by atoms with E-state index in [9.17, 15) is 26.2 Å². The lowest BCUT2D eigenvalue weighted by molar-refractivity contribution is -0.645. The minimum absolute atomic E-state index is 0.00864. The van der Waals surface area contributed by atoms with E-state index >= 15 is 0 Å². The van der Waals surface area contributed by atoms with Gasteiger partial charge in [-0.3, -0.25) is 9.11 Å². The van der Waals surface area contributed by atoms with Crippen LogP contribution in [0.5, 0.6) is 5.75 Å². The molecule has 4 rings (SSSR count). The van der Waals surface area contributed by atoms with Crippen molar-refractivity contribution >= 4 is 59.6 Å². The summed E-state index contributed by atoms with van der Waals surface area (Å²) in [6.45, 7) is 3.23. The number of aryl methyl sites for hydroxylation is 2. The minimum atomic E-state index is -4.69. The number of hydrogen-bond acceptors (Lipinski definition) is 6. The molecule has 12 heteroatoms. The second kappa shape index (κ2) is 9.99. The van der Waals surface area contributed by atoms with Gasteiger partial charge in [-0.15, -0.1) is 0 Å². The van der Waals surface area contributed by atoms with Crippen molar-refractivity contribution in [2.75, 3.05) is 5.75 Å². The Balaban J connectivity index is 1.90. The quantitative estimate of drug-likeness (QED) is 0.111. The third-order valence-corrected chi connectivity index (χ3v) is 8.23. The summed E-state index contributed by atoms with van der Waals surface area (Å²) in [4.78, 5) is 13.1. The number of fused-ring (bicyclic) bond motifs is 2. The van der Waals surface area contributed by atoms with E-state index in [4.69, 9.17) is 20.9 Å². The van der Waals surface area contributed by atoms with Crippen LogP contribution in [0.25, 0.3) is 21.8 Å². The number of nitrogens with zero attached hydrogens (tertiary/aromatic N) is 1. The molecule has 0 unspecified atom stereocenters. The third kappa shape index (κ3) is 5.46. The van der Waals surface area contributed by atoms with Crippen molar-refractivity contribution in [1.29, 1.82) is 0 Å². The lowest BCUT2D eigenvalue weighted by Crippen LogP contribution is -2.37. The van der Waals surface area contributed by atoms with E-state index in [0.717, 1.165) is 0 Å². The number of halogens is 1. The first-order valence-corrected chi connectivity index (χ1v) is 14.5. The van der Waals surface area contributed by atoms with Crippen LogP contribution in [-0.2, 0) is 26.8 Å². The maximum atomic E-state index is 13.7. The van der Waals surface area contributed by atoms with Crippen LogP contribution < -0.4 is 9.30 Å². The maximum absolute atomic E-state index is 13.7. The molecule has 2 N–H and O–H groups in total. The number of carbonyl (C=O) groups excluding carboxylic acids is 1. The van der Waals surface area contributed by atoms with Gasteiger partial charge in [0.1, 0.15) is 10.6 Å². The zero-order valence-corrected chi connectivity index (χ0v) is 22.2. The number of esters is 1. The lowest BCUT2D eigenvalue weighted by Gasteiger charge is -2.16. The lowest BCUT2D eigenvalue weighted by atomic mass is 10.0. The Kier molecular flexibility index (Phi) is 7.28. The van der Waals surface area contributed by atoms with E-state index in [1.807, 2.05) is 4.57 Å². The molecule has 0 bridgehead atoms. The molecular weight excluding hydrogens is 542 g/mol.